The number of carbonyl (C=O) groups is 1. The fraction of sp³-hybridized carbons (Fsp3) is 0.938. The molecule has 0 amide bonds. The Bertz CT molecular complexity index is 254. The lowest BCUT2D eigenvalue weighted by Crippen LogP contribution is -2.54. The predicted octanol–water partition coefficient (Wildman–Crippen LogP) is 4.04. The Balaban J connectivity index is 2.69. The van der Waals surface area contributed by atoms with Crippen LogP contribution in [0.4, 0.5) is 0 Å². The number of ketones is 1. The van der Waals surface area contributed by atoms with Crippen LogP contribution in [0.1, 0.15) is 72.6 Å². The molecule has 2 nitrogen and oxygen atoms in total. The molecule has 0 bridgehead atoms. The smallest absolute Gasteiger partial charge is 0.153 e. The lowest BCUT2D eigenvalue weighted by Gasteiger charge is -2.42. The van der Waals surface area contributed by atoms with Gasteiger partial charge in [-0.25, -0.2) is 0 Å². The van der Waals surface area contributed by atoms with Gasteiger partial charge in [-0.3, -0.25) is 9.69 Å². The Morgan fingerprint density at radius 2 is 1.67 bits per heavy atom. The van der Waals surface area contributed by atoms with E-state index in [4.69, 9.17) is 0 Å². The maximum absolute atomic E-state index is 12.7. The lowest BCUT2D eigenvalue weighted by molar-refractivity contribution is -0.132. The molecule has 0 saturated carbocycles. The summed E-state index contributed by atoms with van der Waals surface area (Å²) in [5, 5.41) is 0. The molecule has 1 aliphatic heterocycles. The molecular formula is C16H31NO. The molecular weight excluding hydrogens is 222 g/mol. The van der Waals surface area contributed by atoms with Crippen molar-refractivity contribution in [1.29, 1.82) is 0 Å². The van der Waals surface area contributed by atoms with Crippen LogP contribution in [0.3, 0.4) is 0 Å². The fourth-order valence-electron chi connectivity index (χ4n) is 3.04. The number of carbonyl (C=O) groups excluding carboxylic acids is 1. The van der Waals surface area contributed by atoms with E-state index in [9.17, 15) is 4.79 Å². The zero-order chi connectivity index (χ0) is 13.6. The largest absolute Gasteiger partial charge is 0.298 e. The van der Waals surface area contributed by atoms with Gasteiger partial charge in [0.2, 0.25) is 0 Å². The first-order chi connectivity index (χ1) is 8.58. The number of piperidine rings is 1. The molecule has 2 heteroatoms. The average Bonchev–Trinajstić information content (AvgIpc) is 2.44. The van der Waals surface area contributed by atoms with Crippen LogP contribution in [0.5, 0.6) is 0 Å². The van der Waals surface area contributed by atoms with Crippen molar-refractivity contribution in [3.8, 4) is 0 Å². The number of rotatable bonds is 7. The normalized spacial score (nSPS) is 20.9. The molecule has 0 aromatic heterocycles. The Morgan fingerprint density at radius 3 is 2.11 bits per heavy atom. The summed E-state index contributed by atoms with van der Waals surface area (Å²) in [7, 11) is 0. The predicted molar refractivity (Wildman–Crippen MR) is 77.8 cm³/mol. The topological polar surface area (TPSA) is 20.3 Å². The van der Waals surface area contributed by atoms with E-state index in [1.165, 1.54) is 19.3 Å². The lowest BCUT2D eigenvalue weighted by atomic mass is 9.83. The highest BCUT2D eigenvalue weighted by Crippen LogP contribution is 2.28. The number of hydrogen-bond acceptors (Lipinski definition) is 2. The van der Waals surface area contributed by atoms with Crippen molar-refractivity contribution in [2.24, 2.45) is 5.92 Å². The number of Topliss-reactive ketones (excluding diaryl/α,β-unsaturated/α-hetero) is 1. The fourth-order valence-corrected chi connectivity index (χ4v) is 3.04. The minimum atomic E-state index is -0.205. The molecule has 1 rings (SSSR count). The number of nitrogens with zero attached hydrogens (tertiary/aromatic N) is 1. The van der Waals surface area contributed by atoms with Crippen LogP contribution in [0.25, 0.3) is 0 Å². The number of likely N-dealkylation sites (tertiary alicyclic amines) is 1. The third-order valence-corrected chi connectivity index (χ3v) is 4.97. The highest BCUT2D eigenvalue weighted by atomic mass is 16.1. The maximum atomic E-state index is 12.7. The molecule has 1 heterocycles. The quantitative estimate of drug-likeness (QED) is 0.682. The highest BCUT2D eigenvalue weighted by Gasteiger charge is 2.38. The summed E-state index contributed by atoms with van der Waals surface area (Å²) in [5.41, 5.74) is -0.205. The van der Waals surface area contributed by atoms with Gasteiger partial charge in [0, 0.05) is 6.42 Å². The third-order valence-electron chi connectivity index (χ3n) is 4.97. The second-order valence-corrected chi connectivity index (χ2v) is 5.98. The summed E-state index contributed by atoms with van der Waals surface area (Å²) < 4.78 is 0. The maximum Gasteiger partial charge on any atom is 0.153 e. The zero-order valence-electron chi connectivity index (χ0n) is 12.8. The minimum absolute atomic E-state index is 0.205. The van der Waals surface area contributed by atoms with E-state index >= 15 is 0 Å². The van der Waals surface area contributed by atoms with Gasteiger partial charge in [0.15, 0.2) is 5.78 Å². The van der Waals surface area contributed by atoms with Crippen molar-refractivity contribution < 1.29 is 4.79 Å². The summed E-state index contributed by atoms with van der Waals surface area (Å²) in [6.45, 7) is 11.0. The van der Waals surface area contributed by atoms with Gasteiger partial charge in [0.1, 0.15) is 0 Å². The first-order valence-corrected chi connectivity index (χ1v) is 7.86. The standard InChI is InChI=1S/C16H31NO/c1-5-14(6-2)13-15(18)16(4,7-3)17-11-9-8-10-12-17/h14H,5-13H2,1-4H3. The van der Waals surface area contributed by atoms with E-state index in [1.54, 1.807) is 0 Å². The van der Waals surface area contributed by atoms with E-state index in [-0.39, 0.29) is 5.54 Å². The van der Waals surface area contributed by atoms with Gasteiger partial charge >= 0.3 is 0 Å². The van der Waals surface area contributed by atoms with Gasteiger partial charge < -0.3 is 0 Å². The minimum Gasteiger partial charge on any atom is -0.298 e. The molecule has 0 spiro atoms. The molecule has 1 aliphatic rings. The summed E-state index contributed by atoms with van der Waals surface area (Å²) >= 11 is 0. The van der Waals surface area contributed by atoms with Crippen molar-refractivity contribution in [1.82, 2.24) is 4.90 Å². The molecule has 1 unspecified atom stereocenters. The van der Waals surface area contributed by atoms with Crippen molar-refractivity contribution in [2.45, 2.75) is 78.2 Å². The SMILES string of the molecule is CCC(CC)CC(=O)C(C)(CC)N1CCCCC1. The van der Waals surface area contributed by atoms with Crippen LogP contribution < -0.4 is 0 Å². The Labute approximate surface area is 113 Å². The Kier molecular flexibility index (Phi) is 6.34. The van der Waals surface area contributed by atoms with E-state index in [1.807, 2.05) is 0 Å². The molecule has 0 N–H and O–H groups in total. The van der Waals surface area contributed by atoms with Crippen molar-refractivity contribution in [3.63, 3.8) is 0 Å². The van der Waals surface area contributed by atoms with Crippen LogP contribution in [0.2, 0.25) is 0 Å². The van der Waals surface area contributed by atoms with E-state index in [0.29, 0.717) is 11.7 Å². The third kappa shape index (κ3) is 3.57. The van der Waals surface area contributed by atoms with Crippen LogP contribution in [-0.2, 0) is 4.79 Å². The summed E-state index contributed by atoms with van der Waals surface area (Å²) in [6.07, 6.45) is 7.82. The molecule has 106 valence electrons. The second-order valence-electron chi connectivity index (χ2n) is 5.98. The van der Waals surface area contributed by atoms with Crippen LogP contribution in [0.15, 0.2) is 0 Å². The van der Waals surface area contributed by atoms with Gasteiger partial charge in [-0.05, 0) is 45.2 Å². The first kappa shape index (κ1) is 15.7. The number of hydrogen-bond donors (Lipinski definition) is 0. The van der Waals surface area contributed by atoms with Crippen molar-refractivity contribution in [2.75, 3.05) is 13.1 Å². The molecule has 1 fully saturated rings. The second kappa shape index (κ2) is 7.28. The van der Waals surface area contributed by atoms with Gasteiger partial charge in [0.05, 0.1) is 5.54 Å². The Morgan fingerprint density at radius 1 is 1.11 bits per heavy atom. The van der Waals surface area contributed by atoms with E-state index < -0.39 is 0 Å². The molecule has 0 radical (unpaired) electrons. The van der Waals surface area contributed by atoms with E-state index in [2.05, 4.69) is 32.6 Å². The zero-order valence-corrected chi connectivity index (χ0v) is 12.8. The molecule has 0 aliphatic carbocycles. The van der Waals surface area contributed by atoms with Crippen molar-refractivity contribution >= 4 is 5.78 Å². The summed E-state index contributed by atoms with van der Waals surface area (Å²) in [6, 6.07) is 0. The molecule has 1 saturated heterocycles. The van der Waals surface area contributed by atoms with Gasteiger partial charge in [-0.1, -0.05) is 40.0 Å². The van der Waals surface area contributed by atoms with Crippen LogP contribution in [-0.4, -0.2) is 29.3 Å². The van der Waals surface area contributed by atoms with Crippen molar-refractivity contribution in [3.05, 3.63) is 0 Å². The van der Waals surface area contributed by atoms with Crippen LogP contribution >= 0.6 is 0 Å². The van der Waals surface area contributed by atoms with E-state index in [0.717, 1.165) is 38.8 Å². The van der Waals surface area contributed by atoms with Gasteiger partial charge in [0.25, 0.3) is 0 Å². The molecule has 0 aromatic carbocycles. The van der Waals surface area contributed by atoms with Crippen LogP contribution in [0, 0.1) is 5.92 Å². The molecule has 0 aromatic rings. The monoisotopic (exact) mass is 253 g/mol. The molecule has 18 heavy (non-hydrogen) atoms. The average molecular weight is 253 g/mol. The Hall–Kier alpha value is -0.370. The molecule has 1 atom stereocenters. The summed E-state index contributed by atoms with van der Waals surface area (Å²) in [5.74, 6) is 1.05. The first-order valence-electron chi connectivity index (χ1n) is 7.86. The summed E-state index contributed by atoms with van der Waals surface area (Å²) in [4.78, 5) is 15.1. The van der Waals surface area contributed by atoms with Gasteiger partial charge in [-0.2, -0.15) is 0 Å². The van der Waals surface area contributed by atoms with Gasteiger partial charge in [-0.15, -0.1) is 0 Å². The highest BCUT2D eigenvalue weighted by molar-refractivity contribution is 5.88.